The Bertz CT molecular complexity index is 722. The Morgan fingerprint density at radius 3 is 2.46 bits per heavy atom. The molecule has 1 saturated heterocycles. The van der Waals surface area contributed by atoms with Gasteiger partial charge < -0.3 is 15.0 Å². The number of hydrogen-bond donors (Lipinski definition) is 1. The van der Waals surface area contributed by atoms with Gasteiger partial charge in [-0.2, -0.15) is 0 Å². The molecule has 1 aliphatic heterocycles. The first kappa shape index (κ1) is 18.2. The van der Waals surface area contributed by atoms with Crippen LogP contribution >= 0.6 is 0 Å². The van der Waals surface area contributed by atoms with E-state index in [1.54, 1.807) is 13.3 Å². The molecule has 1 unspecified atom stereocenters. The molecule has 5 heteroatoms. The van der Waals surface area contributed by atoms with E-state index in [1.165, 1.54) is 12.8 Å². The van der Waals surface area contributed by atoms with Crippen LogP contribution in [-0.4, -0.2) is 31.1 Å². The minimum Gasteiger partial charge on any atom is -0.497 e. The van der Waals surface area contributed by atoms with E-state index < -0.39 is 0 Å². The third-order valence-electron chi connectivity index (χ3n) is 4.90. The highest BCUT2D eigenvalue weighted by molar-refractivity contribution is 5.99. The van der Waals surface area contributed by atoms with Gasteiger partial charge in [0.05, 0.1) is 18.7 Å². The number of aromatic nitrogens is 1. The van der Waals surface area contributed by atoms with Crippen molar-refractivity contribution < 1.29 is 9.53 Å². The fourth-order valence-electron chi connectivity index (χ4n) is 3.36. The van der Waals surface area contributed by atoms with Crippen LogP contribution in [0.1, 0.15) is 54.6 Å². The Morgan fingerprint density at radius 2 is 1.81 bits per heavy atom. The van der Waals surface area contributed by atoms with Crippen molar-refractivity contribution in [2.75, 3.05) is 25.1 Å². The van der Waals surface area contributed by atoms with Crippen molar-refractivity contribution in [2.24, 2.45) is 0 Å². The van der Waals surface area contributed by atoms with Gasteiger partial charge in [-0.3, -0.25) is 4.79 Å². The van der Waals surface area contributed by atoms with E-state index in [1.807, 2.05) is 43.3 Å². The SMILES string of the molecule is COc1ccc(C(C)NC(=O)c2cccnc2N2CCCCCC2)cc1. The zero-order chi connectivity index (χ0) is 18.4. The van der Waals surface area contributed by atoms with Crippen LogP contribution in [0, 0.1) is 0 Å². The van der Waals surface area contributed by atoms with Crippen LogP contribution < -0.4 is 15.0 Å². The highest BCUT2D eigenvalue weighted by Crippen LogP contribution is 2.23. The minimum atomic E-state index is -0.0920. The fraction of sp³-hybridized carbons (Fsp3) is 0.429. The van der Waals surface area contributed by atoms with Gasteiger partial charge in [0.25, 0.3) is 5.91 Å². The monoisotopic (exact) mass is 353 g/mol. The van der Waals surface area contributed by atoms with Gasteiger partial charge in [0.1, 0.15) is 11.6 Å². The lowest BCUT2D eigenvalue weighted by Crippen LogP contribution is -2.31. The van der Waals surface area contributed by atoms with Crippen molar-refractivity contribution in [1.29, 1.82) is 0 Å². The number of anilines is 1. The predicted molar refractivity (Wildman–Crippen MR) is 104 cm³/mol. The van der Waals surface area contributed by atoms with E-state index in [4.69, 9.17) is 4.74 Å². The maximum absolute atomic E-state index is 12.9. The Morgan fingerprint density at radius 1 is 1.12 bits per heavy atom. The zero-order valence-electron chi connectivity index (χ0n) is 15.6. The smallest absolute Gasteiger partial charge is 0.255 e. The number of pyridine rings is 1. The maximum Gasteiger partial charge on any atom is 0.255 e. The van der Waals surface area contributed by atoms with Gasteiger partial charge in [0.2, 0.25) is 0 Å². The second kappa shape index (κ2) is 8.70. The molecular weight excluding hydrogens is 326 g/mol. The number of rotatable bonds is 5. The second-order valence-corrected chi connectivity index (χ2v) is 6.74. The van der Waals surface area contributed by atoms with Crippen molar-refractivity contribution in [3.8, 4) is 5.75 Å². The average Bonchev–Trinajstić information content (AvgIpc) is 2.97. The average molecular weight is 353 g/mol. The zero-order valence-corrected chi connectivity index (χ0v) is 15.6. The van der Waals surface area contributed by atoms with Crippen LogP contribution in [0.3, 0.4) is 0 Å². The summed E-state index contributed by atoms with van der Waals surface area (Å²) >= 11 is 0. The van der Waals surface area contributed by atoms with Crippen molar-refractivity contribution in [1.82, 2.24) is 10.3 Å². The number of carbonyl (C=O) groups excluding carboxylic acids is 1. The van der Waals surface area contributed by atoms with Crippen LogP contribution in [0.5, 0.6) is 5.75 Å². The molecule has 1 fully saturated rings. The van der Waals surface area contributed by atoms with E-state index in [0.29, 0.717) is 5.56 Å². The maximum atomic E-state index is 12.9. The van der Waals surface area contributed by atoms with Crippen LogP contribution in [0.25, 0.3) is 0 Å². The highest BCUT2D eigenvalue weighted by Gasteiger charge is 2.20. The van der Waals surface area contributed by atoms with Gasteiger partial charge in [-0.05, 0) is 49.6 Å². The number of methoxy groups -OCH3 is 1. The Balaban J connectivity index is 1.74. The van der Waals surface area contributed by atoms with Crippen LogP contribution in [0.15, 0.2) is 42.6 Å². The summed E-state index contributed by atoms with van der Waals surface area (Å²) in [7, 11) is 1.65. The summed E-state index contributed by atoms with van der Waals surface area (Å²) in [6.45, 7) is 3.92. The van der Waals surface area contributed by atoms with Crippen LogP contribution in [0.4, 0.5) is 5.82 Å². The normalized spacial score (nSPS) is 15.8. The van der Waals surface area contributed by atoms with E-state index in [9.17, 15) is 4.79 Å². The second-order valence-electron chi connectivity index (χ2n) is 6.74. The molecule has 0 spiro atoms. The van der Waals surface area contributed by atoms with Crippen molar-refractivity contribution in [3.63, 3.8) is 0 Å². The Kier molecular flexibility index (Phi) is 6.10. The van der Waals surface area contributed by atoms with Crippen molar-refractivity contribution in [2.45, 2.75) is 38.6 Å². The van der Waals surface area contributed by atoms with Gasteiger partial charge in [-0.25, -0.2) is 4.98 Å². The molecule has 1 atom stereocenters. The number of ether oxygens (including phenoxy) is 1. The molecular formula is C21H27N3O2. The van der Waals surface area contributed by atoms with E-state index in [-0.39, 0.29) is 11.9 Å². The highest BCUT2D eigenvalue weighted by atomic mass is 16.5. The first-order chi connectivity index (χ1) is 12.7. The van der Waals surface area contributed by atoms with Crippen LogP contribution in [0.2, 0.25) is 0 Å². The molecule has 0 saturated carbocycles. The molecule has 2 heterocycles. The Labute approximate surface area is 155 Å². The summed E-state index contributed by atoms with van der Waals surface area (Å²) in [5.41, 5.74) is 1.69. The van der Waals surface area contributed by atoms with Gasteiger partial charge in [0, 0.05) is 19.3 Å². The summed E-state index contributed by atoms with van der Waals surface area (Å²) < 4.78 is 5.19. The van der Waals surface area contributed by atoms with Crippen molar-refractivity contribution >= 4 is 11.7 Å². The minimum absolute atomic E-state index is 0.0827. The van der Waals surface area contributed by atoms with Gasteiger partial charge in [-0.1, -0.05) is 25.0 Å². The fourth-order valence-corrected chi connectivity index (χ4v) is 3.36. The lowest BCUT2D eigenvalue weighted by molar-refractivity contribution is 0.0940. The molecule has 138 valence electrons. The molecule has 1 N–H and O–H groups in total. The molecule has 1 aliphatic rings. The van der Waals surface area contributed by atoms with Crippen molar-refractivity contribution in [3.05, 3.63) is 53.7 Å². The molecule has 1 aromatic heterocycles. The summed E-state index contributed by atoms with van der Waals surface area (Å²) in [5.74, 6) is 1.53. The van der Waals surface area contributed by atoms with Gasteiger partial charge in [-0.15, -0.1) is 0 Å². The summed E-state index contributed by atoms with van der Waals surface area (Å²) in [6, 6.07) is 11.4. The number of carbonyl (C=O) groups is 1. The number of nitrogens with one attached hydrogen (secondary N) is 1. The van der Waals surface area contributed by atoms with Gasteiger partial charge in [0.15, 0.2) is 0 Å². The van der Waals surface area contributed by atoms with E-state index >= 15 is 0 Å². The number of benzene rings is 1. The molecule has 1 aromatic carbocycles. The molecule has 5 nitrogen and oxygen atoms in total. The summed E-state index contributed by atoms with van der Waals surface area (Å²) in [6.07, 6.45) is 6.57. The van der Waals surface area contributed by atoms with E-state index in [0.717, 1.165) is 43.1 Å². The summed E-state index contributed by atoms with van der Waals surface area (Å²) in [5, 5.41) is 3.10. The number of nitrogens with zero attached hydrogens (tertiary/aromatic N) is 2. The molecule has 3 rings (SSSR count). The molecule has 2 aromatic rings. The standard InChI is InChI=1S/C21H27N3O2/c1-16(17-9-11-18(26-2)12-10-17)23-21(25)19-8-7-13-22-20(19)24-14-5-3-4-6-15-24/h7-13,16H,3-6,14-15H2,1-2H3,(H,23,25). The predicted octanol–water partition coefficient (Wildman–Crippen LogP) is 3.96. The number of amides is 1. The lowest BCUT2D eigenvalue weighted by Gasteiger charge is -2.24. The molecule has 26 heavy (non-hydrogen) atoms. The third kappa shape index (κ3) is 4.34. The molecule has 0 bridgehead atoms. The third-order valence-corrected chi connectivity index (χ3v) is 4.90. The first-order valence-corrected chi connectivity index (χ1v) is 9.34. The Hall–Kier alpha value is -2.56. The van der Waals surface area contributed by atoms with Gasteiger partial charge >= 0.3 is 0 Å². The molecule has 0 aliphatic carbocycles. The lowest BCUT2D eigenvalue weighted by atomic mass is 10.1. The quantitative estimate of drug-likeness (QED) is 0.884. The topological polar surface area (TPSA) is 54.5 Å². The largest absolute Gasteiger partial charge is 0.497 e. The molecule has 0 radical (unpaired) electrons. The first-order valence-electron chi connectivity index (χ1n) is 9.34. The molecule has 1 amide bonds. The van der Waals surface area contributed by atoms with E-state index in [2.05, 4.69) is 15.2 Å². The summed E-state index contributed by atoms with van der Waals surface area (Å²) in [4.78, 5) is 19.7. The number of hydrogen-bond acceptors (Lipinski definition) is 4. The van der Waals surface area contributed by atoms with Crippen LogP contribution in [-0.2, 0) is 0 Å².